The van der Waals surface area contributed by atoms with E-state index >= 15 is 0 Å². The van der Waals surface area contributed by atoms with Crippen molar-refractivity contribution in [3.63, 3.8) is 0 Å². The van der Waals surface area contributed by atoms with E-state index in [1.54, 1.807) is 0 Å². The molecule has 0 spiro atoms. The molecule has 1 aliphatic heterocycles. The summed E-state index contributed by atoms with van der Waals surface area (Å²) in [6.45, 7) is 3.11. The smallest absolute Gasteiger partial charge is 0.258 e. The maximum absolute atomic E-state index is 12.2. The molecule has 0 radical (unpaired) electrons. The number of ether oxygens (including phenoxy) is 3. The first-order valence-corrected chi connectivity index (χ1v) is 9.02. The molecular formula is C19H20BrNO4. The van der Waals surface area contributed by atoms with E-state index in [2.05, 4.69) is 21.2 Å². The molecular weight excluding hydrogens is 386 g/mol. The van der Waals surface area contributed by atoms with Crippen LogP contribution < -0.4 is 19.5 Å². The van der Waals surface area contributed by atoms with Gasteiger partial charge < -0.3 is 19.5 Å². The van der Waals surface area contributed by atoms with Crippen molar-refractivity contribution in [2.45, 2.75) is 19.4 Å². The van der Waals surface area contributed by atoms with Gasteiger partial charge >= 0.3 is 0 Å². The van der Waals surface area contributed by atoms with E-state index in [1.807, 2.05) is 49.4 Å². The van der Waals surface area contributed by atoms with Crippen LogP contribution in [0.15, 0.2) is 46.9 Å². The zero-order valence-electron chi connectivity index (χ0n) is 14.0. The molecule has 1 atom stereocenters. The Morgan fingerprint density at radius 1 is 1.16 bits per heavy atom. The zero-order chi connectivity index (χ0) is 17.6. The Labute approximate surface area is 155 Å². The summed E-state index contributed by atoms with van der Waals surface area (Å²) in [5.74, 6) is 1.97. The average molecular weight is 406 g/mol. The van der Waals surface area contributed by atoms with Crippen LogP contribution in [0.2, 0.25) is 0 Å². The minimum Gasteiger partial charge on any atom is -0.486 e. The van der Waals surface area contributed by atoms with Crippen molar-refractivity contribution in [1.29, 1.82) is 0 Å². The Balaban J connectivity index is 1.59. The number of nitrogens with one attached hydrogen (secondary N) is 1. The van der Waals surface area contributed by atoms with Crippen LogP contribution in [0.4, 0.5) is 0 Å². The van der Waals surface area contributed by atoms with Gasteiger partial charge in [0.2, 0.25) is 0 Å². The number of hydrogen-bond acceptors (Lipinski definition) is 4. The molecule has 0 bridgehead atoms. The molecule has 1 unspecified atom stereocenters. The summed E-state index contributed by atoms with van der Waals surface area (Å²) in [4.78, 5) is 12.2. The lowest BCUT2D eigenvalue weighted by molar-refractivity contribution is -0.123. The molecule has 0 saturated carbocycles. The monoisotopic (exact) mass is 405 g/mol. The van der Waals surface area contributed by atoms with Gasteiger partial charge in [-0.25, -0.2) is 0 Å². The van der Waals surface area contributed by atoms with Gasteiger partial charge in [-0.3, -0.25) is 4.79 Å². The van der Waals surface area contributed by atoms with Crippen molar-refractivity contribution in [3.8, 4) is 17.2 Å². The number of halogens is 1. The first-order chi connectivity index (χ1) is 12.2. The third-order valence-electron chi connectivity index (χ3n) is 3.90. The lowest BCUT2D eigenvalue weighted by Gasteiger charge is -2.22. The Morgan fingerprint density at radius 3 is 2.60 bits per heavy atom. The molecule has 3 rings (SSSR count). The molecule has 0 aliphatic carbocycles. The quantitative estimate of drug-likeness (QED) is 0.792. The highest BCUT2D eigenvalue weighted by molar-refractivity contribution is 9.10. The van der Waals surface area contributed by atoms with Gasteiger partial charge in [0.15, 0.2) is 18.1 Å². The predicted octanol–water partition coefficient (Wildman–Crippen LogP) is 3.87. The van der Waals surface area contributed by atoms with Gasteiger partial charge in [-0.2, -0.15) is 0 Å². The van der Waals surface area contributed by atoms with Crippen LogP contribution in [0.1, 0.15) is 24.9 Å². The highest BCUT2D eigenvalue weighted by Crippen LogP contribution is 2.33. The van der Waals surface area contributed by atoms with Crippen molar-refractivity contribution in [2.75, 3.05) is 19.8 Å². The molecule has 25 heavy (non-hydrogen) atoms. The van der Waals surface area contributed by atoms with Crippen LogP contribution in [-0.2, 0) is 4.79 Å². The molecule has 2 aromatic rings. The fraction of sp³-hybridized carbons (Fsp3) is 0.316. The molecule has 0 fully saturated rings. The van der Waals surface area contributed by atoms with Crippen LogP contribution in [-0.4, -0.2) is 25.7 Å². The first-order valence-electron chi connectivity index (χ1n) is 8.23. The highest BCUT2D eigenvalue weighted by atomic mass is 79.9. The predicted molar refractivity (Wildman–Crippen MR) is 98.2 cm³/mol. The van der Waals surface area contributed by atoms with Crippen LogP contribution in [0, 0.1) is 0 Å². The second kappa shape index (κ2) is 8.25. The molecule has 0 aromatic heterocycles. The van der Waals surface area contributed by atoms with Crippen LogP contribution in [0.5, 0.6) is 17.2 Å². The zero-order valence-corrected chi connectivity index (χ0v) is 15.5. The molecule has 5 nitrogen and oxygen atoms in total. The summed E-state index contributed by atoms with van der Waals surface area (Å²) in [6.07, 6.45) is 0.768. The van der Waals surface area contributed by atoms with Gasteiger partial charge in [-0.15, -0.1) is 0 Å². The van der Waals surface area contributed by atoms with E-state index in [0.29, 0.717) is 19.0 Å². The third kappa shape index (κ3) is 4.66. The number of carbonyl (C=O) groups is 1. The standard InChI is InChI=1S/C19H20BrNO4/c1-2-16(13-3-8-17-18(11-13)24-10-9-23-17)21-19(22)12-25-15-6-4-14(20)5-7-15/h3-8,11,16H,2,9-10,12H2,1H3,(H,21,22). The van der Waals surface area contributed by atoms with Crippen molar-refractivity contribution in [3.05, 3.63) is 52.5 Å². The number of amides is 1. The fourth-order valence-electron chi connectivity index (χ4n) is 2.61. The largest absolute Gasteiger partial charge is 0.486 e. The van der Waals surface area contributed by atoms with Gasteiger partial charge in [0.25, 0.3) is 5.91 Å². The van der Waals surface area contributed by atoms with Crippen molar-refractivity contribution >= 4 is 21.8 Å². The summed E-state index contributed by atoms with van der Waals surface area (Å²) in [6, 6.07) is 13.0. The second-order valence-corrected chi connectivity index (χ2v) is 6.59. The van der Waals surface area contributed by atoms with E-state index < -0.39 is 0 Å². The number of rotatable bonds is 6. The Bertz CT molecular complexity index is 733. The van der Waals surface area contributed by atoms with Gasteiger partial charge in [0, 0.05) is 4.47 Å². The van der Waals surface area contributed by atoms with Crippen LogP contribution in [0.25, 0.3) is 0 Å². The number of benzene rings is 2. The third-order valence-corrected chi connectivity index (χ3v) is 4.42. The van der Waals surface area contributed by atoms with Gasteiger partial charge in [0.05, 0.1) is 6.04 Å². The molecule has 1 N–H and O–H groups in total. The van der Waals surface area contributed by atoms with E-state index in [9.17, 15) is 4.79 Å². The number of carbonyl (C=O) groups excluding carboxylic acids is 1. The SMILES string of the molecule is CCC(NC(=O)COc1ccc(Br)cc1)c1ccc2c(c1)OCCO2. The van der Waals surface area contributed by atoms with E-state index in [0.717, 1.165) is 28.0 Å². The van der Waals surface area contributed by atoms with Gasteiger partial charge in [-0.1, -0.05) is 28.9 Å². The summed E-state index contributed by atoms with van der Waals surface area (Å²) >= 11 is 3.37. The normalized spacial score (nSPS) is 13.8. The minimum atomic E-state index is -0.162. The molecule has 0 saturated heterocycles. The minimum absolute atomic E-state index is 0.0251. The van der Waals surface area contributed by atoms with Crippen molar-refractivity contribution < 1.29 is 19.0 Å². The van der Waals surface area contributed by atoms with Crippen molar-refractivity contribution in [2.24, 2.45) is 0 Å². The second-order valence-electron chi connectivity index (χ2n) is 5.67. The highest BCUT2D eigenvalue weighted by Gasteiger charge is 2.17. The van der Waals surface area contributed by atoms with Gasteiger partial charge in [-0.05, 0) is 48.4 Å². The molecule has 2 aromatic carbocycles. The van der Waals surface area contributed by atoms with E-state index in [-0.39, 0.29) is 18.6 Å². The number of fused-ring (bicyclic) bond motifs is 1. The maximum atomic E-state index is 12.2. The topological polar surface area (TPSA) is 56.8 Å². The van der Waals surface area contributed by atoms with E-state index in [1.165, 1.54) is 0 Å². The van der Waals surface area contributed by atoms with Crippen LogP contribution >= 0.6 is 15.9 Å². The summed E-state index contributed by atoms with van der Waals surface area (Å²) in [5.41, 5.74) is 0.990. The molecule has 1 aliphatic rings. The fourth-order valence-corrected chi connectivity index (χ4v) is 2.88. The first kappa shape index (κ1) is 17.6. The van der Waals surface area contributed by atoms with Crippen LogP contribution in [0.3, 0.4) is 0 Å². The molecule has 1 amide bonds. The lowest BCUT2D eigenvalue weighted by atomic mass is 10.0. The summed E-state index contributed by atoms with van der Waals surface area (Å²) in [5, 5.41) is 3.00. The summed E-state index contributed by atoms with van der Waals surface area (Å²) in [7, 11) is 0. The molecule has 6 heteroatoms. The molecule has 132 valence electrons. The maximum Gasteiger partial charge on any atom is 0.258 e. The Morgan fingerprint density at radius 2 is 1.88 bits per heavy atom. The Kier molecular flexibility index (Phi) is 5.81. The van der Waals surface area contributed by atoms with Gasteiger partial charge in [0.1, 0.15) is 19.0 Å². The number of hydrogen-bond donors (Lipinski definition) is 1. The Hall–Kier alpha value is -2.21. The summed E-state index contributed by atoms with van der Waals surface area (Å²) < 4.78 is 17.6. The van der Waals surface area contributed by atoms with Crippen molar-refractivity contribution in [1.82, 2.24) is 5.32 Å². The average Bonchev–Trinajstić information content (AvgIpc) is 2.65. The lowest BCUT2D eigenvalue weighted by Crippen LogP contribution is -2.32. The molecule has 1 heterocycles. The van der Waals surface area contributed by atoms with E-state index in [4.69, 9.17) is 14.2 Å².